The summed E-state index contributed by atoms with van der Waals surface area (Å²) in [5, 5.41) is 2.72. The topological polar surface area (TPSA) is 13.1 Å². The fourth-order valence-corrected chi connectivity index (χ4v) is 2.76. The maximum absolute atomic E-state index is 5.30. The summed E-state index contributed by atoms with van der Waals surface area (Å²) in [7, 11) is 0. The van der Waals surface area contributed by atoms with Crippen LogP contribution in [0.2, 0.25) is 0 Å². The van der Waals surface area contributed by atoms with Crippen molar-refractivity contribution in [2.24, 2.45) is 0 Å². The third kappa shape index (κ3) is 0.860. The average molecular weight is 206 g/mol. The maximum atomic E-state index is 5.30. The first kappa shape index (κ1) is 8.17. The van der Waals surface area contributed by atoms with E-state index >= 15 is 0 Å². The molecule has 4 rings (SSSR count). The molecule has 0 spiro atoms. The first-order valence-electron chi connectivity index (χ1n) is 5.51. The van der Waals surface area contributed by atoms with Crippen molar-refractivity contribution in [3.8, 4) is 11.1 Å². The van der Waals surface area contributed by atoms with Crippen LogP contribution in [0.1, 0.15) is 11.1 Å². The summed E-state index contributed by atoms with van der Waals surface area (Å²) in [6, 6.07) is 8.55. The third-order valence-electron chi connectivity index (χ3n) is 3.42. The molecule has 0 amide bonds. The maximum Gasteiger partial charge on any atom is 0.0986 e. The van der Waals surface area contributed by atoms with E-state index < -0.39 is 0 Å². The molecule has 76 valence electrons. The average Bonchev–Trinajstić information content (AvgIpc) is 2.68. The highest BCUT2D eigenvalue weighted by molar-refractivity contribution is 6.09. The molecule has 0 bridgehead atoms. The molecule has 16 heavy (non-hydrogen) atoms. The van der Waals surface area contributed by atoms with Gasteiger partial charge in [0.2, 0.25) is 0 Å². The molecule has 1 aliphatic heterocycles. The predicted molar refractivity (Wildman–Crippen MR) is 65.6 cm³/mol. The molecule has 1 nitrogen and oxygen atoms in total. The molecule has 0 unspecified atom stereocenters. The van der Waals surface area contributed by atoms with Gasteiger partial charge in [0.15, 0.2) is 0 Å². The van der Waals surface area contributed by atoms with Crippen LogP contribution in [0.15, 0.2) is 47.3 Å². The Morgan fingerprint density at radius 2 is 2.06 bits per heavy atom. The molecule has 0 fully saturated rings. The smallest absolute Gasteiger partial charge is 0.0986 e. The molecular weight excluding hydrogens is 196 g/mol. The second-order valence-electron chi connectivity index (χ2n) is 4.24. The van der Waals surface area contributed by atoms with E-state index in [-0.39, 0.29) is 0 Å². The lowest BCUT2D eigenvalue weighted by Gasteiger charge is -2.06. The van der Waals surface area contributed by atoms with Gasteiger partial charge in [0, 0.05) is 5.56 Å². The lowest BCUT2D eigenvalue weighted by atomic mass is 9.98. The van der Waals surface area contributed by atoms with Gasteiger partial charge >= 0.3 is 0 Å². The van der Waals surface area contributed by atoms with Crippen LogP contribution in [0.25, 0.3) is 28.0 Å². The minimum absolute atomic E-state index is 1.03. The fourth-order valence-electron chi connectivity index (χ4n) is 2.76. The van der Waals surface area contributed by atoms with E-state index in [4.69, 9.17) is 4.42 Å². The Hall–Kier alpha value is -2.02. The van der Waals surface area contributed by atoms with Crippen LogP contribution < -0.4 is 0 Å². The van der Waals surface area contributed by atoms with Crippen LogP contribution in [0.4, 0.5) is 0 Å². The van der Waals surface area contributed by atoms with Gasteiger partial charge in [0.1, 0.15) is 0 Å². The Balaban J connectivity index is 2.33. The number of benzene rings is 1. The van der Waals surface area contributed by atoms with Gasteiger partial charge in [-0.3, -0.25) is 0 Å². The number of fused-ring (bicyclic) bond motifs is 3. The third-order valence-corrected chi connectivity index (χ3v) is 3.42. The lowest BCUT2D eigenvalue weighted by molar-refractivity contribution is 0.552. The van der Waals surface area contributed by atoms with Crippen molar-refractivity contribution in [3.63, 3.8) is 0 Å². The Labute approximate surface area is 93.3 Å². The minimum atomic E-state index is 1.03. The van der Waals surface area contributed by atoms with Crippen molar-refractivity contribution in [1.29, 1.82) is 0 Å². The highest BCUT2D eigenvalue weighted by Gasteiger charge is 2.20. The van der Waals surface area contributed by atoms with Crippen LogP contribution in [-0.4, -0.2) is 0 Å². The van der Waals surface area contributed by atoms with Gasteiger partial charge in [-0.2, -0.15) is 0 Å². The SMILES string of the molecule is C1=Cc2cccc3c4coccc-4c(c23)C1. The normalized spacial score (nSPS) is 13.8. The molecule has 2 aliphatic carbocycles. The summed E-state index contributed by atoms with van der Waals surface area (Å²) in [5.41, 5.74) is 5.34. The summed E-state index contributed by atoms with van der Waals surface area (Å²) in [6.07, 6.45) is 9.10. The van der Waals surface area contributed by atoms with Gasteiger partial charge in [0.25, 0.3) is 0 Å². The van der Waals surface area contributed by atoms with Crippen LogP contribution >= 0.6 is 0 Å². The zero-order valence-electron chi connectivity index (χ0n) is 8.73. The number of hydrogen-bond donors (Lipinski definition) is 0. The highest BCUT2D eigenvalue weighted by Crippen LogP contribution is 2.42. The fraction of sp³-hybridized carbons (Fsp3) is 0.0667. The van der Waals surface area contributed by atoms with Crippen molar-refractivity contribution in [2.75, 3.05) is 0 Å². The van der Waals surface area contributed by atoms with Gasteiger partial charge in [-0.1, -0.05) is 30.4 Å². The zero-order valence-corrected chi connectivity index (χ0v) is 8.73. The molecule has 1 aromatic rings. The molecule has 3 aliphatic rings. The van der Waals surface area contributed by atoms with Crippen LogP contribution in [0.3, 0.4) is 0 Å². The van der Waals surface area contributed by atoms with E-state index in [1.54, 1.807) is 6.26 Å². The van der Waals surface area contributed by atoms with E-state index in [2.05, 4.69) is 36.4 Å². The first-order chi connectivity index (χ1) is 7.95. The van der Waals surface area contributed by atoms with Crippen LogP contribution in [0.5, 0.6) is 0 Å². The standard InChI is InChI=1S/C15H10O/c1-3-10-4-2-6-13-14-9-16-8-7-11(14)12(5-1)15(10)13/h1-4,6-9H,5H2. The molecule has 0 atom stereocenters. The van der Waals surface area contributed by atoms with Crippen molar-refractivity contribution < 1.29 is 4.42 Å². The Kier molecular flexibility index (Phi) is 1.41. The Morgan fingerprint density at radius 3 is 3.06 bits per heavy atom. The molecule has 0 saturated carbocycles. The van der Waals surface area contributed by atoms with E-state index in [0.717, 1.165) is 6.42 Å². The molecule has 0 aromatic heterocycles. The summed E-state index contributed by atoms with van der Waals surface area (Å²) in [6.45, 7) is 0. The van der Waals surface area contributed by atoms with E-state index in [9.17, 15) is 0 Å². The molecule has 1 aromatic carbocycles. The summed E-state index contributed by atoms with van der Waals surface area (Å²) < 4.78 is 5.30. The van der Waals surface area contributed by atoms with Gasteiger partial charge in [-0.05, 0) is 39.9 Å². The van der Waals surface area contributed by atoms with Gasteiger partial charge in [-0.25, -0.2) is 0 Å². The Bertz CT molecular complexity index is 688. The number of hydrogen-bond acceptors (Lipinski definition) is 1. The van der Waals surface area contributed by atoms with Crippen molar-refractivity contribution in [1.82, 2.24) is 0 Å². The molecule has 1 heterocycles. The lowest BCUT2D eigenvalue weighted by Crippen LogP contribution is -1.88. The molecule has 0 saturated heterocycles. The monoisotopic (exact) mass is 206 g/mol. The van der Waals surface area contributed by atoms with Gasteiger partial charge < -0.3 is 4.42 Å². The molecule has 0 N–H and O–H groups in total. The second kappa shape index (κ2) is 2.76. The summed E-state index contributed by atoms with van der Waals surface area (Å²) >= 11 is 0. The quantitative estimate of drug-likeness (QED) is 0.539. The van der Waals surface area contributed by atoms with Gasteiger partial charge in [0.05, 0.1) is 12.5 Å². The van der Waals surface area contributed by atoms with Crippen LogP contribution in [0, 0.1) is 0 Å². The first-order valence-corrected chi connectivity index (χ1v) is 5.51. The molecule has 1 heteroatoms. The van der Waals surface area contributed by atoms with E-state index in [1.165, 1.54) is 33.0 Å². The highest BCUT2D eigenvalue weighted by atomic mass is 16.3. The predicted octanol–water partition coefficient (Wildman–Crippen LogP) is 4.11. The van der Waals surface area contributed by atoms with Crippen molar-refractivity contribution in [3.05, 3.63) is 54.0 Å². The molecule has 0 radical (unpaired) electrons. The van der Waals surface area contributed by atoms with Crippen molar-refractivity contribution in [2.45, 2.75) is 6.42 Å². The van der Waals surface area contributed by atoms with Crippen LogP contribution in [-0.2, 0) is 6.42 Å². The largest absolute Gasteiger partial charge is 0.472 e. The zero-order chi connectivity index (χ0) is 10.5. The minimum Gasteiger partial charge on any atom is -0.472 e. The number of allylic oxidation sites excluding steroid dienone is 1. The van der Waals surface area contributed by atoms with Gasteiger partial charge in [-0.15, -0.1) is 0 Å². The number of rotatable bonds is 0. The van der Waals surface area contributed by atoms with E-state index in [1.807, 2.05) is 6.26 Å². The summed E-state index contributed by atoms with van der Waals surface area (Å²) in [4.78, 5) is 0. The van der Waals surface area contributed by atoms with E-state index in [0.29, 0.717) is 0 Å². The summed E-state index contributed by atoms with van der Waals surface area (Å²) in [5.74, 6) is 0. The van der Waals surface area contributed by atoms with Crippen molar-refractivity contribution >= 4 is 16.8 Å². The second-order valence-corrected chi connectivity index (χ2v) is 4.24. The Morgan fingerprint density at radius 1 is 1.06 bits per heavy atom. The molecular formula is C15H10O.